The molecular weight excluding hydrogens is 242 g/mol. The fraction of sp³-hybridized carbons (Fsp3) is 0.0667. The van der Waals surface area contributed by atoms with Gasteiger partial charge in [-0.1, -0.05) is 24.3 Å². The molecule has 0 saturated heterocycles. The monoisotopic (exact) mass is 253 g/mol. The molecular formula is C15H11NO3. The Hall–Kier alpha value is -2.62. The van der Waals surface area contributed by atoms with Crippen LogP contribution in [0.1, 0.15) is 10.6 Å². The average molecular weight is 253 g/mol. The van der Waals surface area contributed by atoms with Crippen molar-refractivity contribution < 1.29 is 9.21 Å². The van der Waals surface area contributed by atoms with Crippen LogP contribution < -0.4 is 5.56 Å². The van der Waals surface area contributed by atoms with Gasteiger partial charge in [-0.05, 0) is 18.2 Å². The minimum Gasteiger partial charge on any atom is -0.453 e. The normalized spacial score (nSPS) is 10.7. The second-order valence-electron chi connectivity index (χ2n) is 4.24. The Balaban J connectivity index is 1.92. The second-order valence-corrected chi connectivity index (χ2v) is 4.24. The highest BCUT2D eigenvalue weighted by molar-refractivity contribution is 5.97. The maximum atomic E-state index is 12.1. The van der Waals surface area contributed by atoms with Crippen LogP contribution in [-0.4, -0.2) is 10.4 Å². The van der Waals surface area contributed by atoms with Gasteiger partial charge in [0.05, 0.1) is 6.54 Å². The molecule has 0 aliphatic carbocycles. The maximum Gasteiger partial charge on any atom is 0.250 e. The highest BCUT2D eigenvalue weighted by Crippen LogP contribution is 2.19. The molecule has 19 heavy (non-hydrogen) atoms. The zero-order valence-electron chi connectivity index (χ0n) is 10.1. The molecule has 0 aliphatic heterocycles. The quantitative estimate of drug-likeness (QED) is 0.674. The van der Waals surface area contributed by atoms with E-state index < -0.39 is 0 Å². The number of para-hydroxylation sites is 1. The number of nitrogens with zero attached hydrogens (tertiary/aromatic N) is 1. The number of furan rings is 1. The number of carbonyl (C=O) groups is 1. The highest BCUT2D eigenvalue weighted by Gasteiger charge is 2.12. The SMILES string of the molecule is O=C(Cn1ccccc1=O)c1cc2ccccc2o1. The van der Waals surface area contributed by atoms with Crippen LogP contribution in [0.4, 0.5) is 0 Å². The van der Waals surface area contributed by atoms with Gasteiger partial charge in [0.2, 0.25) is 5.78 Å². The van der Waals surface area contributed by atoms with E-state index in [1.807, 2.05) is 18.2 Å². The molecule has 4 heteroatoms. The van der Waals surface area contributed by atoms with E-state index in [4.69, 9.17) is 4.42 Å². The van der Waals surface area contributed by atoms with Gasteiger partial charge in [-0.3, -0.25) is 9.59 Å². The molecule has 0 N–H and O–H groups in total. The number of aromatic nitrogens is 1. The van der Waals surface area contributed by atoms with Crippen molar-refractivity contribution in [2.45, 2.75) is 6.54 Å². The molecule has 0 unspecified atom stereocenters. The molecule has 2 heterocycles. The molecule has 0 atom stereocenters. The van der Waals surface area contributed by atoms with Crippen molar-refractivity contribution in [3.63, 3.8) is 0 Å². The van der Waals surface area contributed by atoms with E-state index >= 15 is 0 Å². The lowest BCUT2D eigenvalue weighted by atomic mass is 10.2. The number of ketones is 1. The lowest BCUT2D eigenvalue weighted by Gasteiger charge is -2.01. The van der Waals surface area contributed by atoms with E-state index in [9.17, 15) is 9.59 Å². The molecule has 1 aromatic carbocycles. The van der Waals surface area contributed by atoms with Gasteiger partial charge in [0, 0.05) is 17.6 Å². The summed E-state index contributed by atoms with van der Waals surface area (Å²) < 4.78 is 6.83. The number of hydrogen-bond donors (Lipinski definition) is 0. The third kappa shape index (κ3) is 2.20. The first-order chi connectivity index (χ1) is 9.24. The van der Waals surface area contributed by atoms with Gasteiger partial charge in [-0.2, -0.15) is 0 Å². The van der Waals surface area contributed by atoms with E-state index in [0.717, 1.165) is 5.39 Å². The fourth-order valence-corrected chi connectivity index (χ4v) is 1.94. The third-order valence-electron chi connectivity index (χ3n) is 2.91. The van der Waals surface area contributed by atoms with Gasteiger partial charge in [-0.25, -0.2) is 0 Å². The van der Waals surface area contributed by atoms with Crippen LogP contribution in [0.2, 0.25) is 0 Å². The van der Waals surface area contributed by atoms with Crippen LogP contribution in [0, 0.1) is 0 Å². The molecule has 3 rings (SSSR count). The van der Waals surface area contributed by atoms with Gasteiger partial charge < -0.3 is 8.98 Å². The number of fused-ring (bicyclic) bond motifs is 1. The maximum absolute atomic E-state index is 12.1. The first-order valence-electron chi connectivity index (χ1n) is 5.91. The van der Waals surface area contributed by atoms with E-state index in [1.54, 1.807) is 30.5 Å². The van der Waals surface area contributed by atoms with Gasteiger partial charge in [0.25, 0.3) is 5.56 Å². The molecule has 0 aliphatic rings. The van der Waals surface area contributed by atoms with Gasteiger partial charge in [0.1, 0.15) is 5.58 Å². The van der Waals surface area contributed by atoms with Crippen LogP contribution in [-0.2, 0) is 6.54 Å². The van der Waals surface area contributed by atoms with Crippen molar-refractivity contribution in [2.75, 3.05) is 0 Å². The molecule has 0 spiro atoms. The van der Waals surface area contributed by atoms with Crippen LogP contribution in [0.5, 0.6) is 0 Å². The second kappa shape index (κ2) is 4.57. The Morgan fingerprint density at radius 2 is 1.89 bits per heavy atom. The number of rotatable bonds is 3. The first-order valence-corrected chi connectivity index (χ1v) is 5.91. The zero-order chi connectivity index (χ0) is 13.2. The Morgan fingerprint density at radius 3 is 2.68 bits per heavy atom. The van der Waals surface area contributed by atoms with Crippen molar-refractivity contribution in [3.8, 4) is 0 Å². The standard InChI is InChI=1S/C15H11NO3/c17-12(10-16-8-4-3-7-15(16)18)14-9-11-5-1-2-6-13(11)19-14/h1-9H,10H2. The summed E-state index contributed by atoms with van der Waals surface area (Å²) in [5.41, 5.74) is 0.471. The van der Waals surface area contributed by atoms with Gasteiger partial charge in [0.15, 0.2) is 5.76 Å². The molecule has 3 aromatic rings. The number of hydrogen-bond acceptors (Lipinski definition) is 3. The minimum absolute atomic E-state index is 0.0144. The zero-order valence-corrected chi connectivity index (χ0v) is 10.1. The fourth-order valence-electron chi connectivity index (χ4n) is 1.94. The van der Waals surface area contributed by atoms with Crippen molar-refractivity contribution in [3.05, 3.63) is 70.8 Å². The Kier molecular flexibility index (Phi) is 2.76. The molecule has 0 fully saturated rings. The van der Waals surface area contributed by atoms with E-state index in [1.165, 1.54) is 10.6 Å². The topological polar surface area (TPSA) is 52.2 Å². The highest BCUT2D eigenvalue weighted by atomic mass is 16.3. The van der Waals surface area contributed by atoms with E-state index in [0.29, 0.717) is 5.58 Å². The van der Waals surface area contributed by atoms with Gasteiger partial charge in [-0.15, -0.1) is 0 Å². The van der Waals surface area contributed by atoms with E-state index in [-0.39, 0.29) is 23.6 Å². The summed E-state index contributed by atoms with van der Waals surface area (Å²) in [6.07, 6.45) is 1.59. The Morgan fingerprint density at radius 1 is 1.11 bits per heavy atom. The number of pyridine rings is 1. The lowest BCUT2D eigenvalue weighted by Crippen LogP contribution is -2.22. The Labute approximate surface area is 108 Å². The summed E-state index contributed by atoms with van der Waals surface area (Å²) in [6, 6.07) is 13.9. The largest absolute Gasteiger partial charge is 0.453 e. The third-order valence-corrected chi connectivity index (χ3v) is 2.91. The Bertz CT molecular complexity index is 765. The number of carbonyl (C=O) groups excluding carboxylic acids is 1. The molecule has 4 nitrogen and oxygen atoms in total. The van der Waals surface area contributed by atoms with Crippen LogP contribution >= 0.6 is 0 Å². The molecule has 0 saturated carbocycles. The summed E-state index contributed by atoms with van der Waals surface area (Å²) in [6.45, 7) is -0.0144. The number of benzene rings is 1. The van der Waals surface area contributed by atoms with Crippen molar-refractivity contribution in [1.82, 2.24) is 4.57 Å². The van der Waals surface area contributed by atoms with Crippen molar-refractivity contribution in [2.24, 2.45) is 0 Å². The predicted octanol–water partition coefficient (Wildman–Crippen LogP) is 2.48. The lowest BCUT2D eigenvalue weighted by molar-refractivity contribution is 0.0946. The molecule has 0 radical (unpaired) electrons. The first kappa shape index (κ1) is 11.5. The summed E-state index contributed by atoms with van der Waals surface area (Å²) in [4.78, 5) is 23.6. The number of Topliss-reactive ketones (excluding diaryl/α,β-unsaturated/α-hetero) is 1. The summed E-state index contributed by atoms with van der Waals surface area (Å²) in [5, 5.41) is 0.881. The summed E-state index contributed by atoms with van der Waals surface area (Å²) >= 11 is 0. The van der Waals surface area contributed by atoms with Crippen molar-refractivity contribution in [1.29, 1.82) is 0 Å². The van der Waals surface area contributed by atoms with E-state index in [2.05, 4.69) is 0 Å². The summed E-state index contributed by atoms with van der Waals surface area (Å²) in [5.74, 6) is 0.0569. The van der Waals surface area contributed by atoms with Gasteiger partial charge >= 0.3 is 0 Å². The minimum atomic E-state index is -0.218. The average Bonchev–Trinajstić information content (AvgIpc) is 2.85. The van der Waals surface area contributed by atoms with Crippen LogP contribution in [0.3, 0.4) is 0 Å². The van der Waals surface area contributed by atoms with Crippen molar-refractivity contribution >= 4 is 16.8 Å². The smallest absolute Gasteiger partial charge is 0.250 e. The molecule has 2 aromatic heterocycles. The molecule has 0 amide bonds. The molecule has 0 bridgehead atoms. The molecule has 94 valence electrons. The summed E-state index contributed by atoms with van der Waals surface area (Å²) in [7, 11) is 0. The van der Waals surface area contributed by atoms with Crippen LogP contribution in [0.25, 0.3) is 11.0 Å². The van der Waals surface area contributed by atoms with Crippen LogP contribution in [0.15, 0.2) is 63.9 Å². The predicted molar refractivity (Wildman–Crippen MR) is 71.2 cm³/mol.